The van der Waals surface area contributed by atoms with Crippen LogP contribution in [-0.2, 0) is 14.8 Å². The van der Waals surface area contributed by atoms with Crippen LogP contribution >= 0.6 is 0 Å². The van der Waals surface area contributed by atoms with Gasteiger partial charge in [0.2, 0.25) is 10.0 Å². The lowest BCUT2D eigenvalue weighted by atomic mass is 10.2. The molecule has 1 N–H and O–H groups in total. The number of amides is 1. The zero-order chi connectivity index (χ0) is 21.8. The Morgan fingerprint density at radius 2 is 1.76 bits per heavy atom. The van der Waals surface area contributed by atoms with Crippen LogP contribution in [0.3, 0.4) is 0 Å². The smallest absolute Gasteiger partial charge is 0.265 e. The Hall–Kier alpha value is -2.52. The van der Waals surface area contributed by atoms with Crippen LogP contribution in [0.15, 0.2) is 41.3 Å². The summed E-state index contributed by atoms with van der Waals surface area (Å²) in [6, 6.07) is 7.54. The van der Waals surface area contributed by atoms with Gasteiger partial charge >= 0.3 is 0 Å². The summed E-state index contributed by atoms with van der Waals surface area (Å²) in [4.78, 5) is 12.5. The minimum atomic E-state index is -3.69. The number of benzene rings is 2. The van der Waals surface area contributed by atoms with Gasteiger partial charge in [-0.15, -0.1) is 0 Å². The third-order valence-electron chi connectivity index (χ3n) is 4.35. The lowest BCUT2D eigenvalue weighted by molar-refractivity contribution is -0.122. The number of nitrogens with one attached hydrogen (secondary N) is 1. The molecular weight excluding hydrogens is 402 g/mol. The highest BCUT2D eigenvalue weighted by molar-refractivity contribution is 7.89. The molecule has 1 unspecified atom stereocenters. The number of anilines is 1. The molecule has 0 bridgehead atoms. The molecule has 0 aliphatic carbocycles. The third kappa shape index (κ3) is 5.30. The molecule has 0 radical (unpaired) electrons. The standard InChI is InChI=1S/C20H24F2N2O4S/c1-5-24(6-2)29(26,27)19-11-15(8-7-13(19)3)23-20(25)14(4)28-16-9-10-17(21)18(22)12-16/h7-12,14H,5-6H2,1-4H3,(H,23,25). The minimum Gasteiger partial charge on any atom is -0.481 e. The van der Waals surface area contributed by atoms with E-state index in [0.29, 0.717) is 18.7 Å². The fourth-order valence-electron chi connectivity index (χ4n) is 2.71. The van der Waals surface area contributed by atoms with Crippen molar-refractivity contribution >= 4 is 21.6 Å². The van der Waals surface area contributed by atoms with E-state index in [1.807, 2.05) is 0 Å². The maximum absolute atomic E-state index is 13.3. The Labute approximate surface area is 169 Å². The first-order chi connectivity index (χ1) is 13.6. The second-order valence-electron chi connectivity index (χ2n) is 6.39. The number of hydrogen-bond donors (Lipinski definition) is 1. The van der Waals surface area contributed by atoms with Gasteiger partial charge in [0.25, 0.3) is 5.91 Å². The van der Waals surface area contributed by atoms with Gasteiger partial charge in [-0.25, -0.2) is 17.2 Å². The number of carbonyl (C=O) groups excluding carboxylic acids is 1. The normalized spacial score (nSPS) is 12.7. The van der Waals surface area contributed by atoms with Gasteiger partial charge in [-0.3, -0.25) is 4.79 Å². The van der Waals surface area contributed by atoms with E-state index in [2.05, 4.69) is 5.32 Å². The van der Waals surface area contributed by atoms with Crippen molar-refractivity contribution in [2.75, 3.05) is 18.4 Å². The Morgan fingerprint density at radius 1 is 1.10 bits per heavy atom. The first-order valence-electron chi connectivity index (χ1n) is 9.13. The van der Waals surface area contributed by atoms with Crippen molar-refractivity contribution in [1.29, 1.82) is 0 Å². The molecule has 0 aliphatic heterocycles. The van der Waals surface area contributed by atoms with E-state index >= 15 is 0 Å². The number of ether oxygens (including phenoxy) is 1. The van der Waals surface area contributed by atoms with Crippen molar-refractivity contribution in [3.8, 4) is 5.75 Å². The monoisotopic (exact) mass is 426 g/mol. The van der Waals surface area contributed by atoms with Crippen LogP contribution in [0.5, 0.6) is 5.75 Å². The molecule has 0 saturated heterocycles. The van der Waals surface area contributed by atoms with E-state index < -0.39 is 33.7 Å². The van der Waals surface area contributed by atoms with Crippen LogP contribution in [0.1, 0.15) is 26.3 Å². The number of nitrogens with zero attached hydrogens (tertiary/aromatic N) is 1. The van der Waals surface area contributed by atoms with Gasteiger partial charge in [-0.05, 0) is 43.7 Å². The molecule has 0 heterocycles. The summed E-state index contributed by atoms with van der Waals surface area (Å²) in [7, 11) is -3.69. The van der Waals surface area contributed by atoms with Crippen LogP contribution in [0, 0.1) is 18.6 Å². The van der Waals surface area contributed by atoms with Crippen molar-refractivity contribution in [1.82, 2.24) is 4.31 Å². The Morgan fingerprint density at radius 3 is 2.34 bits per heavy atom. The molecule has 0 fully saturated rings. The largest absolute Gasteiger partial charge is 0.481 e. The van der Waals surface area contributed by atoms with Gasteiger partial charge in [-0.1, -0.05) is 19.9 Å². The molecule has 2 aromatic rings. The summed E-state index contributed by atoms with van der Waals surface area (Å²) >= 11 is 0. The van der Waals surface area contributed by atoms with Gasteiger partial charge in [0, 0.05) is 24.8 Å². The SMILES string of the molecule is CCN(CC)S(=O)(=O)c1cc(NC(=O)C(C)Oc2ccc(F)c(F)c2)ccc1C. The first-order valence-corrected chi connectivity index (χ1v) is 10.6. The Kier molecular flexibility index (Phi) is 7.32. The summed E-state index contributed by atoms with van der Waals surface area (Å²) in [5.74, 6) is -2.67. The predicted octanol–water partition coefficient (Wildman–Crippen LogP) is 3.71. The molecule has 158 valence electrons. The highest BCUT2D eigenvalue weighted by Gasteiger charge is 2.24. The van der Waals surface area contributed by atoms with Crippen molar-refractivity contribution in [2.45, 2.75) is 38.7 Å². The van der Waals surface area contributed by atoms with E-state index in [1.165, 1.54) is 23.4 Å². The van der Waals surface area contributed by atoms with Crippen molar-refractivity contribution in [3.63, 3.8) is 0 Å². The van der Waals surface area contributed by atoms with Crippen LogP contribution in [0.2, 0.25) is 0 Å². The number of hydrogen-bond acceptors (Lipinski definition) is 4. The summed E-state index contributed by atoms with van der Waals surface area (Å²) in [5.41, 5.74) is 0.841. The molecule has 0 aliphatic rings. The third-order valence-corrected chi connectivity index (χ3v) is 6.54. The fraction of sp³-hybridized carbons (Fsp3) is 0.350. The van der Waals surface area contributed by atoms with E-state index in [9.17, 15) is 22.0 Å². The quantitative estimate of drug-likeness (QED) is 0.698. The second kappa shape index (κ2) is 9.32. The average molecular weight is 426 g/mol. The zero-order valence-electron chi connectivity index (χ0n) is 16.7. The molecule has 6 nitrogen and oxygen atoms in total. The lowest BCUT2D eigenvalue weighted by Gasteiger charge is -2.20. The molecule has 29 heavy (non-hydrogen) atoms. The number of sulfonamides is 1. The van der Waals surface area contributed by atoms with Gasteiger partial charge in [0.15, 0.2) is 17.7 Å². The van der Waals surface area contributed by atoms with Crippen molar-refractivity contribution in [2.24, 2.45) is 0 Å². The molecular formula is C20H24F2N2O4S. The first kappa shape index (κ1) is 22.8. The molecule has 2 rings (SSSR count). The number of halogens is 2. The molecule has 1 atom stereocenters. The highest BCUT2D eigenvalue weighted by atomic mass is 32.2. The van der Waals surface area contributed by atoms with Crippen LogP contribution in [0.4, 0.5) is 14.5 Å². The number of aryl methyl sites for hydroxylation is 1. The van der Waals surface area contributed by atoms with E-state index in [0.717, 1.165) is 12.1 Å². The van der Waals surface area contributed by atoms with Gasteiger partial charge in [0.1, 0.15) is 5.75 Å². The molecule has 0 spiro atoms. The summed E-state index contributed by atoms with van der Waals surface area (Å²) in [6.07, 6.45) is -1.02. The Bertz CT molecular complexity index is 992. The van der Waals surface area contributed by atoms with Gasteiger partial charge in [0.05, 0.1) is 4.90 Å². The maximum atomic E-state index is 13.3. The average Bonchev–Trinajstić information content (AvgIpc) is 2.66. The molecule has 0 saturated carbocycles. The van der Waals surface area contributed by atoms with Crippen LogP contribution in [0.25, 0.3) is 0 Å². The molecule has 9 heteroatoms. The second-order valence-corrected chi connectivity index (χ2v) is 8.30. The minimum absolute atomic E-state index is 0.000237. The van der Waals surface area contributed by atoms with Crippen LogP contribution in [-0.4, -0.2) is 37.8 Å². The van der Waals surface area contributed by atoms with E-state index in [1.54, 1.807) is 32.9 Å². The van der Waals surface area contributed by atoms with Crippen molar-refractivity contribution < 1.29 is 26.7 Å². The van der Waals surface area contributed by atoms with E-state index in [4.69, 9.17) is 4.74 Å². The number of rotatable bonds is 8. The molecule has 0 aromatic heterocycles. The fourth-order valence-corrected chi connectivity index (χ4v) is 4.42. The van der Waals surface area contributed by atoms with E-state index in [-0.39, 0.29) is 16.3 Å². The molecule has 2 aromatic carbocycles. The zero-order valence-corrected chi connectivity index (χ0v) is 17.5. The number of carbonyl (C=O) groups is 1. The highest BCUT2D eigenvalue weighted by Crippen LogP contribution is 2.24. The van der Waals surface area contributed by atoms with Gasteiger partial charge < -0.3 is 10.1 Å². The summed E-state index contributed by atoms with van der Waals surface area (Å²) in [5, 5.41) is 2.59. The topological polar surface area (TPSA) is 75.7 Å². The summed E-state index contributed by atoms with van der Waals surface area (Å²) in [6.45, 7) is 7.27. The summed E-state index contributed by atoms with van der Waals surface area (Å²) < 4.78 is 58.6. The van der Waals surface area contributed by atoms with Gasteiger partial charge in [-0.2, -0.15) is 4.31 Å². The Balaban J connectivity index is 2.19. The lowest BCUT2D eigenvalue weighted by Crippen LogP contribution is -2.32. The van der Waals surface area contributed by atoms with Crippen molar-refractivity contribution in [3.05, 3.63) is 53.6 Å². The van der Waals surface area contributed by atoms with Crippen LogP contribution < -0.4 is 10.1 Å². The maximum Gasteiger partial charge on any atom is 0.265 e. The predicted molar refractivity (Wildman–Crippen MR) is 106 cm³/mol. The molecule has 1 amide bonds.